The van der Waals surface area contributed by atoms with Crippen molar-refractivity contribution in [1.29, 1.82) is 0 Å². The lowest BCUT2D eigenvalue weighted by Crippen LogP contribution is -2.40. The highest BCUT2D eigenvalue weighted by Gasteiger charge is 2.31. The predicted molar refractivity (Wildman–Crippen MR) is 405 cm³/mol. The van der Waals surface area contributed by atoms with E-state index in [2.05, 4.69) is 51.9 Å². The van der Waals surface area contributed by atoms with Gasteiger partial charge in [0.05, 0.1) is 74.0 Å². The Kier molecular flexibility index (Phi) is 38.2. The normalized spacial score (nSPS) is 15.5. The van der Waals surface area contributed by atoms with Gasteiger partial charge in [-0.2, -0.15) is 0 Å². The van der Waals surface area contributed by atoms with Gasteiger partial charge in [-0.15, -0.1) is 0 Å². The summed E-state index contributed by atoms with van der Waals surface area (Å²) in [5.74, 6) is -0.634. The number of benzene rings is 3. The molecule has 0 aliphatic heterocycles. The van der Waals surface area contributed by atoms with Crippen molar-refractivity contribution in [3.05, 3.63) is 69.8 Å². The largest absolute Gasteiger partial charge is 0.496 e. The molecule has 0 saturated heterocycles. The van der Waals surface area contributed by atoms with Crippen LogP contribution in [0.4, 0.5) is 0 Å². The Morgan fingerprint density at radius 1 is 0.356 bits per heavy atom. The van der Waals surface area contributed by atoms with Crippen LogP contribution in [0.1, 0.15) is 191 Å². The molecule has 0 atom stereocenters. The number of nitrogens with two attached hydrogens (primary N) is 8. The molecule has 0 spiro atoms. The smallest absolute Gasteiger partial charge is 0.255 e. The van der Waals surface area contributed by atoms with Gasteiger partial charge in [0, 0.05) is 95.7 Å². The molecule has 2 aliphatic carbocycles. The maximum Gasteiger partial charge on any atom is 0.255 e. The molecule has 3 aromatic rings. The quantitative estimate of drug-likeness (QED) is 0.0219. The zero-order valence-electron chi connectivity index (χ0n) is 62.0. The first-order chi connectivity index (χ1) is 50.0. The molecule has 22 N–H and O–H groups in total. The molecule has 0 unspecified atom stereocenters. The fraction of sp³-hybridized carbons (Fsp3) is 0.611. The molecule has 0 aromatic heterocycles. The second kappa shape index (κ2) is 46.8. The molecule has 0 bridgehead atoms. The molecule has 2 saturated carbocycles. The summed E-state index contributed by atoms with van der Waals surface area (Å²) in [7, 11) is 10.5. The van der Waals surface area contributed by atoms with Crippen LogP contribution >= 0.6 is 0 Å². The fourth-order valence-electron chi connectivity index (χ4n) is 11.9. The molecule has 5 rings (SSSR count). The Morgan fingerprint density at radius 2 is 0.615 bits per heavy atom. The van der Waals surface area contributed by atoms with Gasteiger partial charge < -0.3 is 116 Å². The third kappa shape index (κ3) is 31.5. The summed E-state index contributed by atoms with van der Waals surface area (Å²) in [6.07, 6.45) is 13.9. The zero-order chi connectivity index (χ0) is 75.8. The van der Waals surface area contributed by atoms with E-state index in [-0.39, 0.29) is 129 Å². The SMILES string of the molecule is COc1cc(OC)c(C(=O)NCC2CCC(NC(=O)c3cc(C(=O)NCCN(C)C)c(OCCCCCN=C(N)N)cc3OCCCCCN=C(N)N)CC2)cc1C(=O)NCC1CCC(NC(=O)c2cc(C(=O)NCCN(C)C)c(OCCCCCN=C(N)N)cc2OCCCCCN=C(N)N)CC1. The van der Waals surface area contributed by atoms with E-state index in [9.17, 15) is 28.8 Å². The van der Waals surface area contributed by atoms with Crippen molar-refractivity contribution >= 4 is 59.3 Å². The number of carbonyl (C=O) groups excluding carboxylic acids is 6. The van der Waals surface area contributed by atoms with E-state index >= 15 is 0 Å². The van der Waals surface area contributed by atoms with Gasteiger partial charge in [-0.05, 0) is 187 Å². The van der Waals surface area contributed by atoms with Crippen LogP contribution in [0.15, 0.2) is 56.4 Å². The van der Waals surface area contributed by atoms with Crippen molar-refractivity contribution in [2.75, 3.05) is 134 Å². The topological polar surface area (TPSA) is 494 Å². The number of ether oxygens (including phenoxy) is 6. The Hall–Kier alpha value is -9.72. The van der Waals surface area contributed by atoms with Crippen molar-refractivity contribution in [2.24, 2.45) is 77.7 Å². The number of rotatable bonds is 48. The standard InChI is InChI=1S/C72H118N20O12/c1-91(2)33-31-81-63(93)53-40-55(61(103-37-17-9-13-29-85-71(77)78)43-59(53)101-35-15-7-11-27-83-69(73)74)67(97)89-49-23-19-47(20-24-49)45-87-65(95)51-39-52(58(100-6)42-57(51)99-5)66(96)88-46-48-21-25-50(26-22-48)90-68(98)56-41-54(64(94)82-32-34-92(3)4)60(102-36-16-8-12-28-84-70(75)76)44-62(56)104-38-18-10-14-30-86-72(79)80/h39-44,47-50H,7-38,45-46H2,1-6H3,(H,81,93)(H,82,94)(H,87,95)(H,88,96)(H,89,97)(H,90,98)(H4,73,74,83)(H4,75,76,84)(H4,77,78,85)(H4,79,80,86). The van der Waals surface area contributed by atoms with E-state index in [1.54, 1.807) is 24.3 Å². The van der Waals surface area contributed by atoms with E-state index in [0.29, 0.717) is 156 Å². The second-order valence-corrected chi connectivity index (χ2v) is 26.7. The van der Waals surface area contributed by atoms with E-state index in [4.69, 9.17) is 74.3 Å². The van der Waals surface area contributed by atoms with E-state index in [0.717, 1.165) is 51.4 Å². The number of carbonyl (C=O) groups is 6. The first-order valence-electron chi connectivity index (χ1n) is 36.3. The van der Waals surface area contributed by atoms with Crippen LogP contribution in [0.2, 0.25) is 0 Å². The lowest BCUT2D eigenvalue weighted by Gasteiger charge is -2.30. The Morgan fingerprint density at radius 3 is 0.885 bits per heavy atom. The van der Waals surface area contributed by atoms with Crippen molar-refractivity contribution in [2.45, 2.75) is 141 Å². The number of nitrogens with zero attached hydrogens (tertiary/aromatic N) is 6. The zero-order valence-corrected chi connectivity index (χ0v) is 62.0. The number of unbranched alkanes of at least 4 members (excludes halogenated alkanes) is 8. The lowest BCUT2D eigenvalue weighted by atomic mass is 9.85. The lowest BCUT2D eigenvalue weighted by molar-refractivity contribution is 0.0900. The van der Waals surface area contributed by atoms with Gasteiger partial charge in [-0.1, -0.05) is 0 Å². The Labute approximate surface area is 612 Å². The van der Waals surface area contributed by atoms with Crippen molar-refractivity contribution < 1.29 is 57.2 Å². The number of hydrogen-bond acceptors (Lipinski definition) is 18. The second-order valence-electron chi connectivity index (χ2n) is 26.7. The summed E-state index contributed by atoms with van der Waals surface area (Å²) >= 11 is 0. The number of nitrogens with one attached hydrogen (secondary N) is 6. The fourth-order valence-corrected chi connectivity index (χ4v) is 11.9. The maximum atomic E-state index is 14.4. The van der Waals surface area contributed by atoms with Gasteiger partial charge in [0.1, 0.15) is 34.5 Å². The molecule has 32 nitrogen and oxygen atoms in total. The first-order valence-corrected chi connectivity index (χ1v) is 36.3. The molecule has 32 heteroatoms. The average molecular weight is 1460 g/mol. The van der Waals surface area contributed by atoms with Crippen LogP contribution in [-0.2, 0) is 0 Å². The molecule has 2 fully saturated rings. The van der Waals surface area contributed by atoms with Crippen molar-refractivity contribution in [3.8, 4) is 34.5 Å². The summed E-state index contributed by atoms with van der Waals surface area (Å²) < 4.78 is 36.4. The molecular formula is C72H118N20O12. The van der Waals surface area contributed by atoms with Gasteiger partial charge in [0.25, 0.3) is 35.4 Å². The number of aliphatic imine (C=N–C) groups is 4. The number of methoxy groups -OCH3 is 2. The third-order valence-electron chi connectivity index (χ3n) is 17.7. The van der Waals surface area contributed by atoms with Crippen LogP contribution in [0, 0.1) is 11.8 Å². The van der Waals surface area contributed by atoms with E-state index in [1.165, 1.54) is 26.4 Å². The minimum absolute atomic E-state index is 0.0273. The molecule has 104 heavy (non-hydrogen) atoms. The molecule has 0 radical (unpaired) electrons. The van der Waals surface area contributed by atoms with Gasteiger partial charge >= 0.3 is 0 Å². The number of guanidine groups is 4. The van der Waals surface area contributed by atoms with Crippen LogP contribution < -0.4 is 106 Å². The number of likely N-dealkylation sites (N-methyl/N-ethyl adjacent to an activating group) is 2. The molecule has 6 amide bonds. The average Bonchev–Trinajstić information content (AvgIpc) is 0.819. The van der Waals surface area contributed by atoms with E-state index < -0.39 is 35.4 Å². The summed E-state index contributed by atoms with van der Waals surface area (Å²) in [5.41, 5.74) is 45.1. The van der Waals surface area contributed by atoms with Crippen molar-refractivity contribution in [3.63, 3.8) is 0 Å². The minimum Gasteiger partial charge on any atom is -0.496 e. The summed E-state index contributed by atoms with van der Waals surface area (Å²) in [5, 5.41) is 18.4. The van der Waals surface area contributed by atoms with Crippen LogP contribution in [0.3, 0.4) is 0 Å². The predicted octanol–water partition coefficient (Wildman–Crippen LogP) is 3.01. The highest BCUT2D eigenvalue weighted by atomic mass is 16.5. The van der Waals surface area contributed by atoms with Gasteiger partial charge in [-0.3, -0.25) is 48.7 Å². The van der Waals surface area contributed by atoms with Crippen LogP contribution in [-0.4, -0.2) is 215 Å². The summed E-state index contributed by atoms with van der Waals surface area (Å²) in [6, 6.07) is 8.90. The van der Waals surface area contributed by atoms with Gasteiger partial charge in [0.15, 0.2) is 23.8 Å². The molecule has 3 aromatic carbocycles. The molecule has 0 heterocycles. The molecule has 578 valence electrons. The monoisotopic (exact) mass is 1450 g/mol. The molecular weight excluding hydrogens is 1340 g/mol. The number of amides is 6. The first kappa shape index (κ1) is 84.9. The molecule has 2 aliphatic rings. The summed E-state index contributed by atoms with van der Waals surface area (Å²) in [4.78, 5) is 105. The van der Waals surface area contributed by atoms with Crippen LogP contribution in [0.25, 0.3) is 0 Å². The minimum atomic E-state index is -0.436. The Balaban J connectivity index is 1.21. The highest BCUT2D eigenvalue weighted by molar-refractivity contribution is 6.05. The van der Waals surface area contributed by atoms with Gasteiger partial charge in [0.2, 0.25) is 0 Å². The van der Waals surface area contributed by atoms with Crippen molar-refractivity contribution in [1.82, 2.24) is 41.7 Å². The maximum absolute atomic E-state index is 14.4. The highest BCUT2D eigenvalue weighted by Crippen LogP contribution is 2.35. The van der Waals surface area contributed by atoms with E-state index in [1.807, 2.05) is 38.0 Å². The number of hydrogen-bond donors (Lipinski definition) is 14. The third-order valence-corrected chi connectivity index (χ3v) is 17.7. The van der Waals surface area contributed by atoms with Gasteiger partial charge in [-0.25, -0.2) is 0 Å². The summed E-state index contributed by atoms with van der Waals surface area (Å²) in [6.45, 7) is 5.64. The Bertz CT molecular complexity index is 3110. The van der Waals surface area contributed by atoms with Crippen LogP contribution in [0.5, 0.6) is 34.5 Å².